The molecule has 2 rings (SSSR count). The summed E-state index contributed by atoms with van der Waals surface area (Å²) >= 11 is 0. The molecule has 0 aliphatic carbocycles. The van der Waals surface area contributed by atoms with Crippen LogP contribution in [0.25, 0.3) is 0 Å². The van der Waals surface area contributed by atoms with E-state index >= 15 is 0 Å². The number of nitrogens with one attached hydrogen (secondary N) is 1. The first-order valence-corrected chi connectivity index (χ1v) is 5.57. The summed E-state index contributed by atoms with van der Waals surface area (Å²) in [6.45, 7) is 1.64. The summed E-state index contributed by atoms with van der Waals surface area (Å²) in [5.74, 6) is -1.66. The standard InChI is InChI=1S/C14H12FNO3/c1-8-12(3-2-4-13(8)18)16-14(19)10-6-5-9(17)7-11(10)15/h2-7,17-18H,1H3,(H,16,19). The molecule has 0 radical (unpaired) electrons. The maximum atomic E-state index is 13.5. The molecule has 0 aliphatic heterocycles. The molecule has 2 aromatic rings. The Labute approximate surface area is 109 Å². The van der Waals surface area contributed by atoms with Gasteiger partial charge in [-0.15, -0.1) is 0 Å². The molecule has 0 fully saturated rings. The zero-order valence-corrected chi connectivity index (χ0v) is 10.1. The summed E-state index contributed by atoms with van der Waals surface area (Å²) in [6.07, 6.45) is 0. The lowest BCUT2D eigenvalue weighted by Gasteiger charge is -2.10. The second-order valence-electron chi connectivity index (χ2n) is 4.07. The Balaban J connectivity index is 2.28. The Kier molecular flexibility index (Phi) is 3.37. The van der Waals surface area contributed by atoms with Crippen LogP contribution >= 0.6 is 0 Å². The van der Waals surface area contributed by atoms with Gasteiger partial charge in [0.15, 0.2) is 0 Å². The Morgan fingerprint density at radius 3 is 2.63 bits per heavy atom. The van der Waals surface area contributed by atoms with Gasteiger partial charge in [0.25, 0.3) is 5.91 Å². The van der Waals surface area contributed by atoms with E-state index in [4.69, 9.17) is 5.11 Å². The highest BCUT2D eigenvalue weighted by molar-refractivity contribution is 6.05. The Hall–Kier alpha value is -2.56. The molecule has 0 atom stereocenters. The molecule has 0 aliphatic rings. The first kappa shape index (κ1) is 12.9. The first-order chi connectivity index (χ1) is 8.99. The number of carbonyl (C=O) groups is 1. The van der Waals surface area contributed by atoms with E-state index in [0.29, 0.717) is 11.3 Å². The summed E-state index contributed by atoms with van der Waals surface area (Å²) in [7, 11) is 0. The smallest absolute Gasteiger partial charge is 0.258 e. The van der Waals surface area contributed by atoms with E-state index in [2.05, 4.69) is 5.32 Å². The summed E-state index contributed by atoms with van der Waals surface area (Å²) in [5.41, 5.74) is 0.716. The van der Waals surface area contributed by atoms with Crippen LogP contribution in [-0.4, -0.2) is 16.1 Å². The van der Waals surface area contributed by atoms with Crippen LogP contribution < -0.4 is 5.32 Å². The highest BCUT2D eigenvalue weighted by Crippen LogP contribution is 2.25. The van der Waals surface area contributed by atoms with Gasteiger partial charge in [-0.3, -0.25) is 4.79 Å². The molecule has 3 N–H and O–H groups in total. The van der Waals surface area contributed by atoms with Gasteiger partial charge in [-0.2, -0.15) is 0 Å². The number of aromatic hydroxyl groups is 2. The lowest BCUT2D eigenvalue weighted by atomic mass is 10.1. The molecule has 4 nitrogen and oxygen atoms in total. The molecule has 0 saturated heterocycles. The molecule has 1 amide bonds. The van der Waals surface area contributed by atoms with Gasteiger partial charge in [0.05, 0.1) is 5.56 Å². The van der Waals surface area contributed by atoms with Crippen LogP contribution in [0.5, 0.6) is 11.5 Å². The fraction of sp³-hybridized carbons (Fsp3) is 0.0714. The van der Waals surface area contributed by atoms with E-state index in [0.717, 1.165) is 6.07 Å². The number of anilines is 1. The third kappa shape index (κ3) is 2.65. The molecular formula is C14H12FNO3. The average molecular weight is 261 g/mol. The normalized spacial score (nSPS) is 10.2. The molecule has 0 saturated carbocycles. The zero-order valence-electron chi connectivity index (χ0n) is 10.1. The number of phenolic OH excluding ortho intramolecular Hbond substituents is 2. The molecular weight excluding hydrogens is 249 g/mol. The summed E-state index contributed by atoms with van der Waals surface area (Å²) in [6, 6.07) is 7.96. The van der Waals surface area contributed by atoms with Crippen LogP contribution in [0.1, 0.15) is 15.9 Å². The number of hydrogen-bond donors (Lipinski definition) is 3. The van der Waals surface area contributed by atoms with E-state index < -0.39 is 11.7 Å². The Morgan fingerprint density at radius 2 is 1.95 bits per heavy atom. The third-order valence-electron chi connectivity index (χ3n) is 2.75. The topological polar surface area (TPSA) is 69.6 Å². The monoisotopic (exact) mass is 261 g/mol. The molecule has 0 unspecified atom stereocenters. The number of rotatable bonds is 2. The zero-order chi connectivity index (χ0) is 14.0. The number of amides is 1. The first-order valence-electron chi connectivity index (χ1n) is 5.57. The lowest BCUT2D eigenvalue weighted by molar-refractivity contribution is 0.102. The van der Waals surface area contributed by atoms with Crippen molar-refractivity contribution in [1.82, 2.24) is 0 Å². The highest BCUT2D eigenvalue weighted by Gasteiger charge is 2.14. The fourth-order valence-electron chi connectivity index (χ4n) is 1.64. The number of hydrogen-bond acceptors (Lipinski definition) is 3. The van der Waals surface area contributed by atoms with Crippen LogP contribution in [0.4, 0.5) is 10.1 Å². The largest absolute Gasteiger partial charge is 0.508 e. The number of carbonyl (C=O) groups excluding carboxylic acids is 1. The SMILES string of the molecule is Cc1c(O)cccc1NC(=O)c1ccc(O)cc1F. The Bertz CT molecular complexity index is 641. The molecule has 0 spiro atoms. The van der Waals surface area contributed by atoms with Crippen LogP contribution in [0.15, 0.2) is 36.4 Å². The summed E-state index contributed by atoms with van der Waals surface area (Å²) in [5, 5.41) is 21.1. The average Bonchev–Trinajstić information content (AvgIpc) is 2.34. The molecule has 2 aromatic carbocycles. The van der Waals surface area contributed by atoms with E-state index in [1.54, 1.807) is 19.1 Å². The molecule has 19 heavy (non-hydrogen) atoms. The minimum atomic E-state index is -0.810. The minimum absolute atomic E-state index is 0.0454. The van der Waals surface area contributed by atoms with Gasteiger partial charge in [0.1, 0.15) is 17.3 Å². The van der Waals surface area contributed by atoms with E-state index in [1.807, 2.05) is 0 Å². The minimum Gasteiger partial charge on any atom is -0.508 e. The van der Waals surface area contributed by atoms with Crippen molar-refractivity contribution in [3.8, 4) is 11.5 Å². The predicted octanol–water partition coefficient (Wildman–Crippen LogP) is 2.80. The van der Waals surface area contributed by atoms with Crippen molar-refractivity contribution in [3.63, 3.8) is 0 Å². The van der Waals surface area contributed by atoms with Gasteiger partial charge < -0.3 is 15.5 Å². The quantitative estimate of drug-likeness (QED) is 0.778. The Morgan fingerprint density at radius 1 is 1.21 bits per heavy atom. The van der Waals surface area contributed by atoms with Crippen LogP contribution in [0.2, 0.25) is 0 Å². The number of benzene rings is 2. The number of phenols is 2. The van der Waals surface area contributed by atoms with Gasteiger partial charge in [-0.1, -0.05) is 6.07 Å². The van der Waals surface area contributed by atoms with Gasteiger partial charge in [-0.25, -0.2) is 4.39 Å². The maximum absolute atomic E-state index is 13.5. The van der Waals surface area contributed by atoms with Crippen LogP contribution in [-0.2, 0) is 0 Å². The predicted molar refractivity (Wildman–Crippen MR) is 68.9 cm³/mol. The third-order valence-corrected chi connectivity index (χ3v) is 2.75. The van der Waals surface area contributed by atoms with E-state index in [9.17, 15) is 14.3 Å². The van der Waals surface area contributed by atoms with E-state index in [-0.39, 0.29) is 17.1 Å². The molecule has 0 heterocycles. The van der Waals surface area contributed by atoms with Crippen LogP contribution in [0.3, 0.4) is 0 Å². The van der Waals surface area contributed by atoms with Crippen molar-refractivity contribution < 1.29 is 19.4 Å². The van der Waals surface area contributed by atoms with Gasteiger partial charge in [0, 0.05) is 17.3 Å². The molecule has 0 aromatic heterocycles. The second-order valence-corrected chi connectivity index (χ2v) is 4.07. The van der Waals surface area contributed by atoms with Crippen LogP contribution in [0, 0.1) is 12.7 Å². The van der Waals surface area contributed by atoms with Crippen molar-refractivity contribution in [2.75, 3.05) is 5.32 Å². The van der Waals surface area contributed by atoms with Gasteiger partial charge >= 0.3 is 0 Å². The number of halogens is 1. The van der Waals surface area contributed by atoms with Gasteiger partial charge in [-0.05, 0) is 31.2 Å². The molecule has 0 bridgehead atoms. The summed E-state index contributed by atoms with van der Waals surface area (Å²) < 4.78 is 13.5. The highest BCUT2D eigenvalue weighted by atomic mass is 19.1. The summed E-state index contributed by atoms with van der Waals surface area (Å²) in [4.78, 5) is 11.9. The molecule has 5 heteroatoms. The second kappa shape index (κ2) is 4.97. The van der Waals surface area contributed by atoms with Crippen molar-refractivity contribution in [2.24, 2.45) is 0 Å². The fourth-order valence-corrected chi connectivity index (χ4v) is 1.64. The van der Waals surface area contributed by atoms with Gasteiger partial charge in [0.2, 0.25) is 0 Å². The van der Waals surface area contributed by atoms with Crippen molar-refractivity contribution >= 4 is 11.6 Å². The maximum Gasteiger partial charge on any atom is 0.258 e. The molecule has 98 valence electrons. The lowest BCUT2D eigenvalue weighted by Crippen LogP contribution is -2.14. The van der Waals surface area contributed by atoms with E-state index in [1.165, 1.54) is 18.2 Å². The van der Waals surface area contributed by atoms with Crippen molar-refractivity contribution in [3.05, 3.63) is 53.3 Å². The van der Waals surface area contributed by atoms with Crippen molar-refractivity contribution in [1.29, 1.82) is 0 Å². The van der Waals surface area contributed by atoms with Crippen molar-refractivity contribution in [2.45, 2.75) is 6.92 Å².